The van der Waals surface area contributed by atoms with Gasteiger partial charge in [0.1, 0.15) is 42.1 Å². The van der Waals surface area contributed by atoms with Crippen molar-refractivity contribution in [2.24, 2.45) is 0 Å². The van der Waals surface area contributed by atoms with Crippen LogP contribution in [0.15, 0.2) is 79.1 Å². The number of thiophene rings is 1. The molecule has 59 heavy (non-hydrogen) atoms. The van der Waals surface area contributed by atoms with Crippen LogP contribution < -0.4 is 14.8 Å². The molecule has 2 aromatic heterocycles. The monoisotopic (exact) mass is 839 g/mol. The molecule has 3 heterocycles. The Morgan fingerprint density at radius 2 is 1.64 bits per heavy atom. The van der Waals surface area contributed by atoms with Crippen molar-refractivity contribution in [2.75, 3.05) is 79.9 Å². The van der Waals surface area contributed by atoms with E-state index in [1.54, 1.807) is 12.4 Å². The van der Waals surface area contributed by atoms with Crippen LogP contribution in [0, 0.1) is 0 Å². The lowest BCUT2D eigenvalue weighted by Gasteiger charge is -2.32. The van der Waals surface area contributed by atoms with E-state index in [2.05, 4.69) is 39.3 Å². The molecule has 1 fully saturated rings. The van der Waals surface area contributed by atoms with E-state index in [1.807, 2.05) is 41.0 Å². The quantitative estimate of drug-likeness (QED) is 0.0676. The van der Waals surface area contributed by atoms with Gasteiger partial charge in [-0.05, 0) is 49.4 Å². The molecule has 13 nitrogen and oxygen atoms in total. The standard InChI is InChI=1S/C42H48F3N5O8S/c1-29(58-37-25-38(59-39(37)40(51)53-3)50-28-47-35-12-9-31(23-36(35)50)26-49-16-14-48(2)15-17-49)33-11-10-32(24-34(33)42(43,44)45)56-22-21-55-20-19-54-18-13-46-41(52)57-27-30-7-5-4-6-8-30/h4-12,23-25,28-29H,13-22,26-27H2,1-3H3,(H,46,52). The second-order valence-corrected chi connectivity index (χ2v) is 14.9. The van der Waals surface area contributed by atoms with Crippen molar-refractivity contribution in [3.8, 4) is 16.5 Å². The van der Waals surface area contributed by atoms with Gasteiger partial charge in [0.2, 0.25) is 0 Å². The highest BCUT2D eigenvalue weighted by atomic mass is 32.1. The summed E-state index contributed by atoms with van der Waals surface area (Å²) < 4.78 is 77.9. The zero-order valence-electron chi connectivity index (χ0n) is 33.2. The molecule has 1 unspecified atom stereocenters. The summed E-state index contributed by atoms with van der Waals surface area (Å²) in [5, 5.41) is 3.19. The minimum Gasteiger partial charge on any atom is -0.491 e. The number of imidazole rings is 1. The SMILES string of the molecule is COC(=O)c1sc(-n2cnc3ccc(CN4CCN(C)CC4)cc32)cc1OC(C)c1ccc(OCCOCCOCCNC(=O)OCc2ccccc2)cc1C(F)(F)F. The molecule has 316 valence electrons. The molecule has 1 aliphatic heterocycles. The van der Waals surface area contributed by atoms with Gasteiger partial charge in [0.25, 0.3) is 0 Å². The van der Waals surface area contributed by atoms with Gasteiger partial charge in [-0.15, -0.1) is 11.3 Å². The number of hydrogen-bond acceptors (Lipinski definition) is 12. The number of hydrogen-bond donors (Lipinski definition) is 1. The van der Waals surface area contributed by atoms with Gasteiger partial charge in [0.15, 0.2) is 4.88 Å². The number of amides is 1. The molecular weight excluding hydrogens is 792 g/mol. The highest BCUT2D eigenvalue weighted by Crippen LogP contribution is 2.41. The van der Waals surface area contributed by atoms with Gasteiger partial charge >= 0.3 is 18.2 Å². The Labute approximate surface area is 344 Å². The van der Waals surface area contributed by atoms with Crippen molar-refractivity contribution >= 4 is 34.4 Å². The highest BCUT2D eigenvalue weighted by molar-refractivity contribution is 7.16. The molecule has 1 amide bonds. The number of aromatic nitrogens is 2. The number of benzene rings is 3. The molecule has 0 aliphatic carbocycles. The lowest BCUT2D eigenvalue weighted by atomic mass is 10.0. The van der Waals surface area contributed by atoms with E-state index in [4.69, 9.17) is 28.4 Å². The van der Waals surface area contributed by atoms with E-state index in [-0.39, 0.29) is 68.1 Å². The molecule has 1 N–H and O–H groups in total. The largest absolute Gasteiger partial charge is 0.491 e. The summed E-state index contributed by atoms with van der Waals surface area (Å²) in [5.41, 5.74) is 2.51. The molecule has 17 heteroatoms. The molecule has 1 aliphatic rings. The maximum absolute atomic E-state index is 14.4. The van der Waals surface area contributed by atoms with E-state index in [9.17, 15) is 22.8 Å². The number of fused-ring (bicyclic) bond motifs is 1. The van der Waals surface area contributed by atoms with E-state index in [0.29, 0.717) is 5.00 Å². The average Bonchev–Trinajstić information content (AvgIpc) is 3.85. The number of piperazine rings is 1. The van der Waals surface area contributed by atoms with Gasteiger partial charge in [-0.1, -0.05) is 42.5 Å². The van der Waals surface area contributed by atoms with E-state index >= 15 is 0 Å². The van der Waals surface area contributed by atoms with Crippen LogP contribution in [-0.2, 0) is 38.3 Å². The van der Waals surface area contributed by atoms with Crippen LogP contribution in [0.2, 0.25) is 0 Å². The van der Waals surface area contributed by atoms with Gasteiger partial charge in [0, 0.05) is 50.9 Å². The van der Waals surface area contributed by atoms with Gasteiger partial charge in [0.05, 0.1) is 50.1 Å². The molecule has 0 bridgehead atoms. The van der Waals surface area contributed by atoms with Crippen LogP contribution in [0.1, 0.15) is 45.0 Å². The number of carbonyl (C=O) groups excluding carboxylic acids is 2. The van der Waals surface area contributed by atoms with E-state index in [0.717, 1.165) is 72.3 Å². The Hall–Kier alpha value is -5.20. The summed E-state index contributed by atoms with van der Waals surface area (Å²) in [5.74, 6) is -0.580. The number of alkyl carbamates (subject to hydrolysis) is 1. The smallest absolute Gasteiger partial charge is 0.416 e. The van der Waals surface area contributed by atoms with Gasteiger partial charge < -0.3 is 38.6 Å². The minimum absolute atomic E-state index is 0.00203. The number of rotatable bonds is 19. The Balaban J connectivity index is 1.01. The first-order chi connectivity index (χ1) is 28.5. The maximum atomic E-state index is 14.4. The fourth-order valence-corrected chi connectivity index (χ4v) is 7.41. The number of likely N-dealkylation sites (N-methyl/N-ethyl adjacent to an activating group) is 1. The number of esters is 1. The molecule has 5 aromatic rings. The summed E-state index contributed by atoms with van der Waals surface area (Å²) in [6, 6.07) is 20.7. The molecule has 0 saturated carbocycles. The first-order valence-electron chi connectivity index (χ1n) is 19.2. The van der Waals surface area contributed by atoms with Crippen LogP contribution in [0.25, 0.3) is 16.0 Å². The van der Waals surface area contributed by atoms with Crippen molar-refractivity contribution in [1.82, 2.24) is 24.7 Å². The maximum Gasteiger partial charge on any atom is 0.416 e. The van der Waals surface area contributed by atoms with E-state index in [1.165, 1.54) is 26.2 Å². The van der Waals surface area contributed by atoms with Crippen molar-refractivity contribution in [3.05, 3.63) is 106 Å². The third-order valence-electron chi connectivity index (χ3n) is 9.58. The van der Waals surface area contributed by atoms with Crippen molar-refractivity contribution < 1.29 is 51.2 Å². The number of methoxy groups -OCH3 is 1. The summed E-state index contributed by atoms with van der Waals surface area (Å²) in [6.45, 7) is 7.44. The number of nitrogens with one attached hydrogen (secondary N) is 1. The molecule has 6 rings (SSSR count). The highest BCUT2D eigenvalue weighted by Gasteiger charge is 2.36. The zero-order valence-corrected chi connectivity index (χ0v) is 34.0. The van der Waals surface area contributed by atoms with Crippen LogP contribution in [-0.4, -0.2) is 111 Å². The van der Waals surface area contributed by atoms with Crippen LogP contribution in [0.3, 0.4) is 0 Å². The molecule has 1 saturated heterocycles. The number of ether oxygens (including phenoxy) is 6. The Morgan fingerprint density at radius 3 is 2.39 bits per heavy atom. The molecule has 0 spiro atoms. The first kappa shape index (κ1) is 43.4. The van der Waals surface area contributed by atoms with Crippen molar-refractivity contribution in [2.45, 2.75) is 32.4 Å². The average molecular weight is 840 g/mol. The second-order valence-electron chi connectivity index (χ2n) is 13.9. The van der Waals surface area contributed by atoms with Crippen molar-refractivity contribution in [3.63, 3.8) is 0 Å². The molecule has 1 atom stereocenters. The second kappa shape index (κ2) is 20.7. The van der Waals surface area contributed by atoms with Crippen LogP contribution >= 0.6 is 11.3 Å². The van der Waals surface area contributed by atoms with Gasteiger partial charge in [-0.3, -0.25) is 9.47 Å². The van der Waals surface area contributed by atoms with Gasteiger partial charge in [-0.2, -0.15) is 13.2 Å². The third-order valence-corrected chi connectivity index (χ3v) is 10.7. The Kier molecular flexibility index (Phi) is 15.2. The predicted molar refractivity (Wildman–Crippen MR) is 215 cm³/mol. The summed E-state index contributed by atoms with van der Waals surface area (Å²) in [7, 11) is 3.35. The summed E-state index contributed by atoms with van der Waals surface area (Å²) in [4.78, 5) is 34.1. The number of alkyl halides is 3. The lowest BCUT2D eigenvalue weighted by molar-refractivity contribution is -0.139. The van der Waals surface area contributed by atoms with Crippen LogP contribution in [0.5, 0.6) is 11.5 Å². The summed E-state index contributed by atoms with van der Waals surface area (Å²) >= 11 is 1.10. The molecule has 0 radical (unpaired) electrons. The fourth-order valence-electron chi connectivity index (χ4n) is 6.41. The Morgan fingerprint density at radius 1 is 0.898 bits per heavy atom. The minimum atomic E-state index is -4.73. The van der Waals surface area contributed by atoms with E-state index < -0.39 is 29.9 Å². The predicted octanol–water partition coefficient (Wildman–Crippen LogP) is 7.12. The first-order valence-corrected chi connectivity index (χ1v) is 20.0. The topological polar surface area (TPSA) is 126 Å². The zero-order chi connectivity index (χ0) is 41.8. The number of carbonyl (C=O) groups is 2. The third kappa shape index (κ3) is 12.2. The normalized spacial score (nSPS) is 14.3. The fraction of sp³-hybridized carbons (Fsp3) is 0.405. The number of nitrogens with zero attached hydrogens (tertiary/aromatic N) is 4. The van der Waals surface area contributed by atoms with Crippen molar-refractivity contribution in [1.29, 1.82) is 0 Å². The number of halogens is 3. The molecule has 3 aromatic carbocycles. The van der Waals surface area contributed by atoms with Crippen LogP contribution in [0.4, 0.5) is 18.0 Å². The summed E-state index contributed by atoms with van der Waals surface area (Å²) in [6.07, 6.45) is -4.74. The van der Waals surface area contributed by atoms with Gasteiger partial charge in [-0.25, -0.2) is 14.6 Å². The molecular formula is C42H48F3N5O8S. The lowest BCUT2D eigenvalue weighted by Crippen LogP contribution is -2.43. The Bertz CT molecular complexity index is 2140.